The molecule has 7 nitrogen and oxygen atoms in total. The van der Waals surface area contributed by atoms with Gasteiger partial charge in [-0.2, -0.15) is 0 Å². The number of rotatable bonds is 22. The zero-order chi connectivity index (χ0) is 89.7. The first-order chi connectivity index (χ1) is 64.5. The van der Waals surface area contributed by atoms with Crippen molar-refractivity contribution in [3.8, 4) is 44.5 Å². The molecule has 0 saturated carbocycles. The predicted octanol–water partition coefficient (Wildman–Crippen LogP) is 36.7. The van der Waals surface area contributed by atoms with Crippen molar-refractivity contribution >= 4 is 183 Å². The third-order valence-electron chi connectivity index (χ3n) is 25.6. The van der Waals surface area contributed by atoms with Gasteiger partial charge >= 0.3 is 0 Å². The highest BCUT2D eigenvalue weighted by atomic mass is 32.1. The first-order valence-electron chi connectivity index (χ1n) is 44.9. The molecule has 636 valence electrons. The van der Waals surface area contributed by atoms with E-state index in [2.05, 4.69) is 480 Å². The molecule has 1 aliphatic rings. The summed E-state index contributed by atoms with van der Waals surface area (Å²) >= 11 is 3.67. The van der Waals surface area contributed by atoms with Gasteiger partial charge in [0.2, 0.25) is 0 Å². The van der Waals surface area contributed by atoms with Crippen LogP contribution in [0.25, 0.3) is 114 Å². The summed E-state index contributed by atoms with van der Waals surface area (Å²) in [5, 5.41) is 13.4. The Labute approximate surface area is 780 Å². The molecule has 3 heterocycles. The van der Waals surface area contributed by atoms with Gasteiger partial charge < -0.3 is 34.7 Å². The fraction of sp³-hybridized carbons (Fsp3) is 0.0569. The molecule has 0 fully saturated rings. The molecule has 0 atom stereocenters. The van der Waals surface area contributed by atoms with E-state index < -0.39 is 0 Å². The Kier molecular flexibility index (Phi) is 22.1. The minimum absolute atomic E-state index is 0.123. The average Bonchev–Trinajstić information content (AvgIpc) is 1.57. The molecule has 1 aliphatic carbocycles. The summed E-state index contributed by atoms with van der Waals surface area (Å²) in [6.07, 6.45) is 7.46. The van der Waals surface area contributed by atoms with Gasteiger partial charge in [-0.05, 0) is 318 Å². The molecule has 0 saturated heterocycles. The first kappa shape index (κ1) is 82.9. The van der Waals surface area contributed by atoms with Crippen LogP contribution in [0.5, 0.6) is 0 Å². The van der Waals surface area contributed by atoms with Gasteiger partial charge in [0.1, 0.15) is 5.58 Å². The number of fused-ring (bicyclic) bond motifs is 10. The van der Waals surface area contributed by atoms with Crippen molar-refractivity contribution in [2.24, 2.45) is 0 Å². The van der Waals surface area contributed by atoms with E-state index in [-0.39, 0.29) is 5.41 Å². The van der Waals surface area contributed by atoms with E-state index in [4.69, 9.17) is 4.42 Å². The van der Waals surface area contributed by atoms with E-state index in [0.29, 0.717) is 0 Å². The summed E-state index contributed by atoms with van der Waals surface area (Å²) in [6.45, 7) is 25.4. The number of para-hydroxylation sites is 1. The minimum Gasteiger partial charge on any atom is -0.464 e. The molecule has 21 aromatic rings. The minimum atomic E-state index is -0.123. The van der Waals surface area contributed by atoms with Crippen molar-refractivity contribution in [3.63, 3.8) is 0 Å². The van der Waals surface area contributed by atoms with Gasteiger partial charge in [-0.1, -0.05) is 256 Å². The number of aryl methyl sites for hydroxylation is 4. The Bertz CT molecular complexity index is 7720. The van der Waals surface area contributed by atoms with Crippen LogP contribution < -0.4 is 30.2 Å². The van der Waals surface area contributed by atoms with E-state index in [0.717, 1.165) is 141 Å². The lowest BCUT2D eigenvalue weighted by Gasteiger charge is -2.30. The quantitative estimate of drug-likeness (QED) is 0.0701. The summed E-state index contributed by atoms with van der Waals surface area (Å²) in [4.78, 5) is 9.47. The van der Waals surface area contributed by atoms with Gasteiger partial charge in [0.15, 0.2) is 0 Å². The topological polar surface area (TPSA) is 50.2 Å². The lowest BCUT2D eigenvalue weighted by molar-refractivity contribution is 0.616. The molecule has 9 heteroatoms. The first-order valence-corrected chi connectivity index (χ1v) is 46.5. The Morgan fingerprint density at radius 3 is 1.06 bits per heavy atom. The summed E-state index contributed by atoms with van der Waals surface area (Å²) in [7, 11) is 0. The molecule has 0 aliphatic heterocycles. The molecule has 0 amide bonds. The van der Waals surface area contributed by atoms with Gasteiger partial charge in [-0.3, -0.25) is 0 Å². The Morgan fingerprint density at radius 1 is 0.258 bits per heavy atom. The number of anilines is 16. The second-order valence-corrected chi connectivity index (χ2v) is 37.0. The summed E-state index contributed by atoms with van der Waals surface area (Å²) in [5.41, 5.74) is 38.1. The van der Waals surface area contributed by atoms with Gasteiger partial charge in [0.05, 0.1) is 6.26 Å². The van der Waals surface area contributed by atoms with E-state index in [9.17, 15) is 0 Å². The van der Waals surface area contributed by atoms with Gasteiger partial charge in [-0.25, -0.2) is 0 Å². The highest BCUT2D eigenvalue weighted by molar-refractivity contribution is 7.26. The summed E-state index contributed by atoms with van der Waals surface area (Å²) in [6, 6.07) is 146. The van der Waals surface area contributed by atoms with Gasteiger partial charge in [-0.15, -0.1) is 22.7 Å². The molecule has 2 N–H and O–H groups in total. The number of hydrogen-bond donors (Lipinski definition) is 2. The number of nitrogens with one attached hydrogen (secondary N) is 2. The number of thiophene rings is 2. The second-order valence-electron chi connectivity index (χ2n) is 34.9. The van der Waals surface area contributed by atoms with Crippen molar-refractivity contribution in [1.82, 2.24) is 0 Å². The largest absolute Gasteiger partial charge is 0.464 e. The predicted molar refractivity (Wildman–Crippen MR) is 570 cm³/mol. The smallest absolute Gasteiger partial charge is 0.133 e. The van der Waals surface area contributed by atoms with Crippen molar-refractivity contribution in [2.45, 2.75) is 47.0 Å². The van der Waals surface area contributed by atoms with E-state index in [1.807, 2.05) is 53.0 Å². The van der Waals surface area contributed by atoms with Crippen LogP contribution in [-0.2, 0) is 5.41 Å². The fourth-order valence-corrected chi connectivity index (χ4v) is 20.8. The third kappa shape index (κ3) is 16.5. The summed E-state index contributed by atoms with van der Waals surface area (Å²) < 4.78 is 10.9. The molecule has 18 aromatic carbocycles. The normalized spacial score (nSPS) is 11.9. The maximum atomic E-state index is 5.86. The van der Waals surface area contributed by atoms with E-state index in [1.54, 1.807) is 6.26 Å². The highest BCUT2D eigenvalue weighted by Gasteiger charge is 2.36. The van der Waals surface area contributed by atoms with Crippen LogP contribution >= 0.6 is 22.7 Å². The van der Waals surface area contributed by atoms with Crippen LogP contribution in [0.15, 0.2) is 431 Å². The lowest BCUT2D eigenvalue weighted by atomic mass is 9.82. The standard InChI is InChI=1S/C71H53N3OS.C52H43N3S/c1-6-46-14-24-56(25-15-46)73(58-28-19-50(20-29-58)49-12-10-9-11-13-49)60-40-53(41-61(45-60)74(57-26-16-47(7-2)17-27-57)59-30-34-68-52(39-59)36-37-75-68)51-21-35-69-65(42-51)64-33-23-55(44-70(64)76-69)72-54-22-32-63-62-31-18-48(8-3)38-66(62)71(4,5)67(63)43-54;1-35-10-20-43(21-11-35)54(44-22-12-36(2)13-23-44)47-30-40(31-48(34-47)55(45-24-14-37(3)15-25-45)46-26-16-38(4)17-27-46)39-18-29-51-50(32-39)49-28-19-42(33-52(49)56-51)53-41-8-6-5-7-9-41/h6-45,72H,1-3H2,4-5H3;5-34,53H,1-4H3. The SMILES string of the molecule is C=Cc1ccc(N(c2ccc(-c3ccccc3)cc2)c2cc(-c3ccc4sc5cc(Nc6ccc7c(c6)C(C)(C)c6cc(C=C)ccc6-7)ccc5c4c3)cc(N(c3ccc(C=C)cc3)c3ccc4occc4c3)c2)cc1.Cc1ccc(N(c2ccc(C)cc2)c2cc(-c3ccc4sc5cc(Nc6ccccc6)ccc5c4c3)cc(N(c3ccc(C)cc3)c3ccc(C)cc3)c2)cc1. The molecule has 0 radical (unpaired) electrons. The Hall–Kier alpha value is -16.0. The molecule has 0 bridgehead atoms. The van der Waals surface area contributed by atoms with Crippen LogP contribution in [0.2, 0.25) is 0 Å². The second kappa shape index (κ2) is 35.2. The molecule has 22 rings (SSSR count). The van der Waals surface area contributed by atoms with E-state index in [1.165, 1.54) is 96.0 Å². The molecular weight excluding hydrogens is 1640 g/mol. The maximum absolute atomic E-state index is 5.86. The fourth-order valence-electron chi connectivity index (χ4n) is 18.5. The van der Waals surface area contributed by atoms with Crippen LogP contribution in [0.1, 0.15) is 63.9 Å². The number of hydrogen-bond acceptors (Lipinski definition) is 9. The van der Waals surface area contributed by atoms with Crippen molar-refractivity contribution in [2.75, 3.05) is 30.2 Å². The van der Waals surface area contributed by atoms with Crippen LogP contribution in [0, 0.1) is 27.7 Å². The van der Waals surface area contributed by atoms with E-state index >= 15 is 0 Å². The zero-order valence-electron chi connectivity index (χ0n) is 74.5. The molecule has 0 unspecified atom stereocenters. The van der Waals surface area contributed by atoms with Crippen molar-refractivity contribution < 1.29 is 4.42 Å². The summed E-state index contributed by atoms with van der Waals surface area (Å²) in [5.74, 6) is 0. The van der Waals surface area contributed by atoms with Gasteiger partial charge in [0, 0.05) is 142 Å². The zero-order valence-corrected chi connectivity index (χ0v) is 76.2. The molecule has 132 heavy (non-hydrogen) atoms. The van der Waals surface area contributed by atoms with Gasteiger partial charge in [0.25, 0.3) is 0 Å². The van der Waals surface area contributed by atoms with Crippen LogP contribution in [0.3, 0.4) is 0 Å². The number of furan rings is 1. The van der Waals surface area contributed by atoms with Crippen molar-refractivity contribution in [3.05, 3.63) is 476 Å². The van der Waals surface area contributed by atoms with Crippen LogP contribution in [0.4, 0.5) is 91.0 Å². The van der Waals surface area contributed by atoms with Crippen LogP contribution in [-0.4, -0.2) is 0 Å². The molecule has 3 aromatic heterocycles. The van der Waals surface area contributed by atoms with Crippen molar-refractivity contribution in [1.29, 1.82) is 0 Å². The highest BCUT2D eigenvalue weighted by Crippen LogP contribution is 2.53. The third-order valence-corrected chi connectivity index (χ3v) is 27.9. The maximum Gasteiger partial charge on any atom is 0.133 e. The molecular formula is C123H96N6OS2. The average molecular weight is 1740 g/mol. The monoisotopic (exact) mass is 1740 g/mol. The number of nitrogens with zero attached hydrogens (tertiary/aromatic N) is 4. The lowest BCUT2D eigenvalue weighted by Crippen LogP contribution is -2.15. The number of benzene rings is 18. The Balaban J connectivity index is 0.000000167. The Morgan fingerprint density at radius 2 is 0.614 bits per heavy atom. The molecule has 0 spiro atoms.